The van der Waals surface area contributed by atoms with E-state index in [1.807, 2.05) is 60.7 Å². The maximum atomic E-state index is 6.12. The fourth-order valence-electron chi connectivity index (χ4n) is 6.08. The molecule has 212 valence electrons. The van der Waals surface area contributed by atoms with Crippen molar-refractivity contribution in [2.75, 3.05) is 0 Å². The standard InChI is InChI=1S/C41H25N2O.W/c1-3-13-29(14-4-1)40-35-20-9-7-17-31(35)37(32-18-8-10-21-36(32)40)27-43-41(30-15-5-2-6-16-30)42-26-28-23-24-34-33-19-11-12-22-38(33)44-39(34)25-28;/h1-25H;/q-1;. The fraction of sp³-hybridized carbons (Fsp3) is 0. The summed E-state index contributed by atoms with van der Waals surface area (Å²) in [7, 11) is 0. The van der Waals surface area contributed by atoms with Crippen LogP contribution in [0.15, 0.2) is 166 Å². The van der Waals surface area contributed by atoms with Crippen molar-refractivity contribution in [3.63, 3.8) is 0 Å². The Morgan fingerprint density at radius 1 is 0.533 bits per heavy atom. The van der Waals surface area contributed by atoms with Crippen molar-refractivity contribution in [1.82, 2.24) is 0 Å². The van der Waals surface area contributed by atoms with Crippen LogP contribution in [-0.4, -0.2) is 16.1 Å². The van der Waals surface area contributed by atoms with Gasteiger partial charge in [-0.2, -0.15) is 0 Å². The molecule has 0 amide bonds. The summed E-state index contributed by atoms with van der Waals surface area (Å²) >= 11 is 1.26. The zero-order valence-corrected chi connectivity index (χ0v) is 27.1. The third-order valence-corrected chi connectivity index (χ3v) is 9.18. The van der Waals surface area contributed by atoms with Gasteiger partial charge < -0.3 is 0 Å². The van der Waals surface area contributed by atoms with Crippen molar-refractivity contribution in [1.29, 1.82) is 0 Å². The van der Waals surface area contributed by atoms with E-state index in [1.54, 1.807) is 0 Å². The number of furan rings is 1. The zero-order valence-electron chi connectivity index (χ0n) is 24.1. The summed E-state index contributed by atoms with van der Waals surface area (Å²) in [4.78, 5) is 10.1. The van der Waals surface area contributed by atoms with Crippen LogP contribution >= 0.6 is 0 Å². The van der Waals surface area contributed by atoms with Crippen molar-refractivity contribution in [2.24, 2.45) is 9.98 Å². The molecule has 8 rings (SSSR count). The number of para-hydroxylation sites is 1. The minimum atomic E-state index is 0.616. The van der Waals surface area contributed by atoms with Crippen molar-refractivity contribution < 1.29 is 23.8 Å². The van der Waals surface area contributed by atoms with Crippen LogP contribution in [0.2, 0.25) is 0 Å². The van der Waals surface area contributed by atoms with Crippen LogP contribution in [0, 0.1) is 0 Å². The van der Waals surface area contributed by atoms with Crippen LogP contribution in [0.5, 0.6) is 0 Å². The van der Waals surface area contributed by atoms with E-state index in [4.69, 9.17) is 14.4 Å². The number of rotatable bonds is 5. The normalized spacial score (nSPS) is 12.1. The van der Waals surface area contributed by atoms with E-state index < -0.39 is 0 Å². The summed E-state index contributed by atoms with van der Waals surface area (Å²) in [6, 6.07) is 52.3. The Hall–Kier alpha value is -5.24. The molecule has 7 aromatic carbocycles. The van der Waals surface area contributed by atoms with Gasteiger partial charge in [-0.1, -0.05) is 0 Å². The Kier molecular flexibility index (Phi) is 7.10. The van der Waals surface area contributed by atoms with Crippen LogP contribution in [0.4, 0.5) is 0 Å². The molecule has 0 saturated heterocycles. The Labute approximate surface area is 271 Å². The van der Waals surface area contributed by atoms with E-state index in [0.29, 0.717) is 5.84 Å². The van der Waals surface area contributed by atoms with Gasteiger partial charge in [-0.25, -0.2) is 0 Å². The molecule has 45 heavy (non-hydrogen) atoms. The van der Waals surface area contributed by atoms with E-state index >= 15 is 0 Å². The Balaban J connectivity index is 1.28. The van der Waals surface area contributed by atoms with Crippen LogP contribution in [-0.2, 0) is 19.4 Å². The molecule has 0 spiro atoms. The summed E-state index contributed by atoms with van der Waals surface area (Å²) < 4.78 is 7.09. The van der Waals surface area contributed by atoms with Crippen LogP contribution in [0.1, 0.15) is 16.7 Å². The van der Waals surface area contributed by atoms with E-state index in [0.717, 1.165) is 42.7 Å². The Bertz CT molecular complexity index is 2380. The molecule has 0 aliphatic heterocycles. The Morgan fingerprint density at radius 2 is 1.09 bits per heavy atom. The summed E-state index contributed by atoms with van der Waals surface area (Å²) in [6.45, 7) is 0. The molecule has 0 fully saturated rings. The summed E-state index contributed by atoms with van der Waals surface area (Å²) in [6.07, 6.45) is 3.27. The predicted octanol–water partition coefficient (Wildman–Crippen LogP) is 10.0. The van der Waals surface area contributed by atoms with Gasteiger partial charge in [0.25, 0.3) is 0 Å². The monoisotopic (exact) mass is 745 g/mol. The SMILES string of the molecule is [W]=[C](N=C(N=[C-]c1ccc2c(c1)oc1ccccc12)c1ccccc1)c1c2ccccc2c(-c2ccccc2)c2ccccc12. The number of amidine groups is 1. The Morgan fingerprint density at radius 3 is 1.78 bits per heavy atom. The van der Waals surface area contributed by atoms with Crippen molar-refractivity contribution in [3.05, 3.63) is 168 Å². The molecule has 4 heteroatoms. The van der Waals surface area contributed by atoms with Crippen molar-refractivity contribution >= 4 is 59.6 Å². The number of hydrogen-bond donors (Lipinski definition) is 0. The van der Waals surface area contributed by atoms with Gasteiger partial charge in [0.1, 0.15) is 0 Å². The first-order chi connectivity index (χ1) is 22.2. The molecule has 0 bridgehead atoms. The van der Waals surface area contributed by atoms with Crippen LogP contribution in [0.25, 0.3) is 54.6 Å². The second-order valence-corrected chi connectivity index (χ2v) is 12.2. The number of aliphatic imine (C=N–C) groups is 2. The first-order valence-corrected chi connectivity index (χ1v) is 16.3. The molecule has 0 aliphatic rings. The number of benzene rings is 7. The number of nitrogens with zero attached hydrogens (tertiary/aromatic N) is 2. The zero-order chi connectivity index (χ0) is 30.2. The van der Waals surface area contributed by atoms with Gasteiger partial charge in [-0.15, -0.1) is 0 Å². The van der Waals surface area contributed by atoms with E-state index in [-0.39, 0.29) is 0 Å². The summed E-state index contributed by atoms with van der Waals surface area (Å²) in [5.41, 5.74) is 7.05. The molecular formula is C41H25N2OW-. The first kappa shape index (κ1) is 27.3. The van der Waals surface area contributed by atoms with Gasteiger partial charge in [0.2, 0.25) is 0 Å². The average Bonchev–Trinajstić information content (AvgIpc) is 3.47. The summed E-state index contributed by atoms with van der Waals surface area (Å²) in [5.74, 6) is 0.616. The van der Waals surface area contributed by atoms with Crippen LogP contribution in [0.3, 0.4) is 0 Å². The second kappa shape index (κ2) is 11.7. The third-order valence-electron chi connectivity index (χ3n) is 8.12. The van der Waals surface area contributed by atoms with Gasteiger partial charge in [0.15, 0.2) is 0 Å². The number of fused-ring (bicyclic) bond motifs is 5. The topological polar surface area (TPSA) is 37.9 Å². The first-order valence-electron chi connectivity index (χ1n) is 14.8. The molecule has 0 N–H and O–H groups in total. The summed E-state index contributed by atoms with van der Waals surface area (Å²) in [5, 5.41) is 6.97. The molecule has 8 aromatic rings. The van der Waals surface area contributed by atoms with E-state index in [9.17, 15) is 0 Å². The molecule has 1 aromatic heterocycles. The van der Waals surface area contributed by atoms with Crippen molar-refractivity contribution in [3.8, 4) is 11.1 Å². The molecule has 0 unspecified atom stereocenters. The molecule has 0 atom stereocenters. The molecular weight excluding hydrogens is 720 g/mol. The average molecular weight is 746 g/mol. The quantitative estimate of drug-likeness (QED) is 0.0749. The van der Waals surface area contributed by atoms with E-state index in [2.05, 4.69) is 97.2 Å². The van der Waals surface area contributed by atoms with Gasteiger partial charge in [-0.3, -0.25) is 0 Å². The van der Waals surface area contributed by atoms with Crippen molar-refractivity contribution in [2.45, 2.75) is 0 Å². The fourth-order valence-corrected chi connectivity index (χ4v) is 7.18. The third kappa shape index (κ3) is 5.06. The number of hydrogen-bond acceptors (Lipinski definition) is 2. The van der Waals surface area contributed by atoms with Crippen LogP contribution < -0.4 is 0 Å². The molecule has 0 aliphatic carbocycles. The second-order valence-electron chi connectivity index (χ2n) is 10.8. The minimum absolute atomic E-state index is 0.616. The molecule has 1 heterocycles. The van der Waals surface area contributed by atoms with Gasteiger partial charge in [0.05, 0.1) is 0 Å². The maximum absolute atomic E-state index is 6.12. The van der Waals surface area contributed by atoms with Gasteiger partial charge in [-0.05, 0) is 0 Å². The molecule has 0 radical (unpaired) electrons. The van der Waals surface area contributed by atoms with E-state index in [1.165, 1.54) is 52.0 Å². The molecule has 3 nitrogen and oxygen atoms in total. The van der Waals surface area contributed by atoms with Gasteiger partial charge >= 0.3 is 273 Å². The predicted molar refractivity (Wildman–Crippen MR) is 184 cm³/mol. The molecule has 0 saturated carbocycles. The van der Waals surface area contributed by atoms with Gasteiger partial charge in [0, 0.05) is 0 Å².